The molecule has 1 amide bonds. The van der Waals surface area contributed by atoms with Crippen LogP contribution >= 0.6 is 50.2 Å². The lowest BCUT2D eigenvalue weighted by atomic mass is 10.2. The number of halogens is 2. The van der Waals surface area contributed by atoms with Gasteiger partial charge in [-0.15, -0.1) is 22.7 Å². The van der Waals surface area contributed by atoms with E-state index < -0.39 is 11.7 Å². The standard InChI is InChI=1S/C18H20BrClN4O2S2/c1-18(2,3)26-17(25)24(9-10-5-4-8-27-10)15-14-13(22-16(20)23-15)12(19)11(28-14)6-7-21/h4-5,8H,6-7,9,21H2,1-3H3. The van der Waals surface area contributed by atoms with Crippen molar-refractivity contribution in [2.24, 2.45) is 5.73 Å². The molecule has 3 rings (SSSR count). The Kier molecular flexibility index (Phi) is 6.61. The molecule has 0 aliphatic carbocycles. The number of ether oxygens (including phenoxy) is 1. The van der Waals surface area contributed by atoms with Crippen LogP contribution in [0.3, 0.4) is 0 Å². The molecule has 0 saturated heterocycles. The van der Waals surface area contributed by atoms with Crippen molar-refractivity contribution < 1.29 is 9.53 Å². The smallest absolute Gasteiger partial charge is 0.416 e. The molecule has 2 N–H and O–H groups in total. The van der Waals surface area contributed by atoms with E-state index in [-0.39, 0.29) is 5.28 Å². The number of thiophene rings is 2. The van der Waals surface area contributed by atoms with Crippen LogP contribution in [0.15, 0.2) is 22.0 Å². The van der Waals surface area contributed by atoms with Crippen molar-refractivity contribution in [3.63, 3.8) is 0 Å². The summed E-state index contributed by atoms with van der Waals surface area (Å²) in [4.78, 5) is 25.3. The first kappa shape index (κ1) is 21.4. The average Bonchev–Trinajstić information content (AvgIpc) is 3.20. The molecule has 0 aromatic carbocycles. The van der Waals surface area contributed by atoms with Crippen molar-refractivity contribution in [3.05, 3.63) is 37.0 Å². The molecule has 6 nitrogen and oxygen atoms in total. The number of nitrogens with two attached hydrogens (primary N) is 1. The zero-order valence-corrected chi connectivity index (χ0v) is 19.6. The molecular weight excluding hydrogens is 484 g/mol. The van der Waals surface area contributed by atoms with E-state index in [0.29, 0.717) is 30.8 Å². The third-order valence-corrected chi connectivity index (χ3v) is 7.01. The molecule has 0 aliphatic rings. The van der Waals surface area contributed by atoms with Crippen LogP contribution in [-0.2, 0) is 17.7 Å². The topological polar surface area (TPSA) is 81.3 Å². The Hall–Kier alpha value is -1.26. The number of amides is 1. The van der Waals surface area contributed by atoms with Crippen LogP contribution in [0.1, 0.15) is 30.5 Å². The second-order valence-electron chi connectivity index (χ2n) is 7.02. The van der Waals surface area contributed by atoms with Crippen LogP contribution in [0.2, 0.25) is 5.28 Å². The lowest BCUT2D eigenvalue weighted by Gasteiger charge is -2.26. The highest BCUT2D eigenvalue weighted by Gasteiger charge is 2.28. The van der Waals surface area contributed by atoms with E-state index in [1.54, 1.807) is 11.3 Å². The van der Waals surface area contributed by atoms with Gasteiger partial charge in [-0.25, -0.2) is 9.78 Å². The summed E-state index contributed by atoms with van der Waals surface area (Å²) in [6, 6.07) is 3.91. The van der Waals surface area contributed by atoms with E-state index in [0.717, 1.165) is 18.9 Å². The van der Waals surface area contributed by atoms with Crippen molar-refractivity contribution in [1.82, 2.24) is 9.97 Å². The SMILES string of the molecule is CC(C)(C)OC(=O)N(Cc1cccs1)c1nc(Cl)nc2c(Br)c(CCN)sc12. The van der Waals surface area contributed by atoms with Gasteiger partial charge in [0.15, 0.2) is 5.82 Å². The first-order valence-electron chi connectivity index (χ1n) is 8.57. The van der Waals surface area contributed by atoms with Gasteiger partial charge in [0.2, 0.25) is 5.28 Å². The van der Waals surface area contributed by atoms with E-state index in [1.165, 1.54) is 16.2 Å². The number of carbonyl (C=O) groups is 1. The van der Waals surface area contributed by atoms with Crippen molar-refractivity contribution in [2.75, 3.05) is 11.4 Å². The normalized spacial score (nSPS) is 11.8. The minimum absolute atomic E-state index is 0.0695. The number of fused-ring (bicyclic) bond motifs is 1. The first-order chi connectivity index (χ1) is 13.2. The fourth-order valence-corrected chi connectivity index (χ4v) is 5.39. The fraction of sp³-hybridized carbons (Fsp3) is 0.389. The molecule has 0 fully saturated rings. The van der Waals surface area contributed by atoms with Gasteiger partial charge in [-0.1, -0.05) is 6.07 Å². The number of carbonyl (C=O) groups excluding carboxylic acids is 1. The Morgan fingerprint density at radius 1 is 1.39 bits per heavy atom. The summed E-state index contributed by atoms with van der Waals surface area (Å²) >= 11 is 12.9. The van der Waals surface area contributed by atoms with E-state index in [4.69, 9.17) is 22.1 Å². The van der Waals surface area contributed by atoms with Crippen LogP contribution in [0.25, 0.3) is 10.2 Å². The van der Waals surface area contributed by atoms with Crippen LogP contribution in [-0.4, -0.2) is 28.2 Å². The molecule has 0 saturated carbocycles. The molecule has 0 radical (unpaired) electrons. The predicted molar refractivity (Wildman–Crippen MR) is 120 cm³/mol. The van der Waals surface area contributed by atoms with Crippen LogP contribution in [0, 0.1) is 0 Å². The van der Waals surface area contributed by atoms with E-state index >= 15 is 0 Å². The quantitative estimate of drug-likeness (QED) is 0.458. The lowest BCUT2D eigenvalue weighted by molar-refractivity contribution is 0.0577. The average molecular weight is 504 g/mol. The number of hydrogen-bond donors (Lipinski definition) is 1. The van der Waals surface area contributed by atoms with Gasteiger partial charge in [-0.05, 0) is 72.7 Å². The monoisotopic (exact) mass is 502 g/mol. The Labute approximate surface area is 184 Å². The zero-order valence-electron chi connectivity index (χ0n) is 15.7. The molecule has 10 heteroatoms. The molecule has 3 aromatic heterocycles. The van der Waals surface area contributed by atoms with Crippen molar-refractivity contribution >= 4 is 72.3 Å². The third kappa shape index (κ3) is 4.83. The first-order valence-corrected chi connectivity index (χ1v) is 11.4. The third-order valence-electron chi connectivity index (χ3n) is 3.63. The maximum Gasteiger partial charge on any atom is 0.416 e. The molecule has 28 heavy (non-hydrogen) atoms. The Bertz CT molecular complexity index is 986. The highest BCUT2D eigenvalue weighted by molar-refractivity contribution is 9.10. The summed E-state index contributed by atoms with van der Waals surface area (Å²) in [5, 5.41) is 2.03. The number of aromatic nitrogens is 2. The maximum atomic E-state index is 13.0. The second-order valence-corrected chi connectivity index (χ2v) is 10.3. The Morgan fingerprint density at radius 3 is 2.75 bits per heavy atom. The van der Waals surface area contributed by atoms with Gasteiger partial charge in [-0.2, -0.15) is 4.98 Å². The maximum absolute atomic E-state index is 13.0. The van der Waals surface area contributed by atoms with E-state index in [2.05, 4.69) is 25.9 Å². The van der Waals surface area contributed by atoms with E-state index in [9.17, 15) is 4.79 Å². The molecule has 0 bridgehead atoms. The number of anilines is 1. The number of nitrogens with zero attached hydrogens (tertiary/aromatic N) is 3. The second kappa shape index (κ2) is 8.62. The van der Waals surface area contributed by atoms with Gasteiger partial charge in [0.1, 0.15) is 11.1 Å². The minimum Gasteiger partial charge on any atom is -0.443 e. The summed E-state index contributed by atoms with van der Waals surface area (Å²) in [5.74, 6) is 0.437. The molecule has 150 valence electrons. The van der Waals surface area contributed by atoms with Crippen LogP contribution < -0.4 is 10.6 Å². The lowest BCUT2D eigenvalue weighted by Crippen LogP contribution is -2.37. The summed E-state index contributed by atoms with van der Waals surface area (Å²) in [6.07, 6.45) is 0.206. The summed E-state index contributed by atoms with van der Waals surface area (Å²) in [7, 11) is 0. The summed E-state index contributed by atoms with van der Waals surface area (Å²) in [5.41, 5.74) is 5.76. The number of hydrogen-bond acceptors (Lipinski definition) is 7. The van der Waals surface area contributed by atoms with Gasteiger partial charge < -0.3 is 10.5 Å². The largest absolute Gasteiger partial charge is 0.443 e. The highest BCUT2D eigenvalue weighted by atomic mass is 79.9. The molecule has 3 heterocycles. The van der Waals surface area contributed by atoms with Crippen LogP contribution in [0.5, 0.6) is 0 Å². The Morgan fingerprint density at radius 2 is 2.14 bits per heavy atom. The minimum atomic E-state index is -0.637. The molecule has 0 atom stereocenters. The van der Waals surface area contributed by atoms with Crippen LogP contribution in [0.4, 0.5) is 10.6 Å². The predicted octanol–water partition coefficient (Wildman–Crippen LogP) is 5.61. The molecule has 0 spiro atoms. The van der Waals surface area contributed by atoms with Crippen molar-refractivity contribution in [3.8, 4) is 0 Å². The summed E-state index contributed by atoms with van der Waals surface area (Å²) in [6.45, 7) is 6.33. The van der Waals surface area contributed by atoms with Gasteiger partial charge in [0.05, 0.1) is 15.7 Å². The number of rotatable bonds is 5. The van der Waals surface area contributed by atoms with Gasteiger partial charge in [0, 0.05) is 9.75 Å². The van der Waals surface area contributed by atoms with Gasteiger partial charge in [0.25, 0.3) is 0 Å². The van der Waals surface area contributed by atoms with Gasteiger partial charge in [-0.3, -0.25) is 4.90 Å². The molecular formula is C18H20BrClN4O2S2. The summed E-state index contributed by atoms with van der Waals surface area (Å²) < 4.78 is 7.24. The molecule has 0 unspecified atom stereocenters. The fourth-order valence-electron chi connectivity index (χ4n) is 2.53. The molecule has 0 aliphatic heterocycles. The molecule has 3 aromatic rings. The van der Waals surface area contributed by atoms with E-state index in [1.807, 2.05) is 38.3 Å². The van der Waals surface area contributed by atoms with Gasteiger partial charge >= 0.3 is 6.09 Å². The zero-order chi connectivity index (χ0) is 20.5. The Balaban J connectivity index is 2.14. The van der Waals surface area contributed by atoms with Crippen molar-refractivity contribution in [2.45, 2.75) is 39.3 Å². The highest BCUT2D eigenvalue weighted by Crippen LogP contribution is 2.40. The van der Waals surface area contributed by atoms with Crippen molar-refractivity contribution in [1.29, 1.82) is 0 Å².